The van der Waals surface area contributed by atoms with Gasteiger partial charge >= 0.3 is 0 Å². The summed E-state index contributed by atoms with van der Waals surface area (Å²) in [5.41, 5.74) is 4.10. The summed E-state index contributed by atoms with van der Waals surface area (Å²) in [7, 11) is 0. The summed E-state index contributed by atoms with van der Waals surface area (Å²) in [4.78, 5) is 0. The van der Waals surface area contributed by atoms with Gasteiger partial charge in [-0.2, -0.15) is 0 Å². The molecule has 0 amide bonds. The zero-order chi connectivity index (χ0) is 13.0. The highest BCUT2D eigenvalue weighted by atomic mass is 35.5. The Morgan fingerprint density at radius 2 is 1.78 bits per heavy atom. The smallest absolute Gasteiger partial charge is 0.0266 e. The molecule has 1 aromatic carbocycles. The molecule has 1 saturated carbocycles. The summed E-state index contributed by atoms with van der Waals surface area (Å²) in [6, 6.07) is 7.39. The van der Waals surface area contributed by atoms with Crippen LogP contribution in [0.4, 0.5) is 0 Å². The van der Waals surface area contributed by atoms with Crippen molar-refractivity contribution in [3.8, 4) is 0 Å². The van der Waals surface area contributed by atoms with Crippen molar-refractivity contribution in [1.82, 2.24) is 5.32 Å². The molecule has 1 N–H and O–H groups in total. The monoisotopic (exact) mass is 265 g/mol. The highest BCUT2D eigenvalue weighted by Gasteiger charge is 2.23. The Kier molecular flexibility index (Phi) is 5.08. The van der Waals surface area contributed by atoms with Crippen LogP contribution < -0.4 is 5.32 Å². The zero-order valence-corrected chi connectivity index (χ0v) is 12.3. The maximum absolute atomic E-state index is 6.07. The first-order valence-electron chi connectivity index (χ1n) is 7.05. The van der Waals surface area contributed by atoms with Crippen LogP contribution in [-0.2, 0) is 6.54 Å². The average molecular weight is 266 g/mol. The second kappa shape index (κ2) is 6.58. The minimum absolute atomic E-state index is 0.608. The van der Waals surface area contributed by atoms with Gasteiger partial charge in [0.1, 0.15) is 0 Å². The maximum Gasteiger partial charge on any atom is 0.0266 e. The van der Waals surface area contributed by atoms with Gasteiger partial charge in [-0.25, -0.2) is 0 Å². The van der Waals surface area contributed by atoms with E-state index in [4.69, 9.17) is 11.6 Å². The average Bonchev–Trinajstić information content (AvgIpc) is 2.35. The third kappa shape index (κ3) is 3.73. The molecule has 2 atom stereocenters. The molecule has 2 heteroatoms. The van der Waals surface area contributed by atoms with Gasteiger partial charge in [0.25, 0.3) is 0 Å². The van der Waals surface area contributed by atoms with Gasteiger partial charge in [-0.15, -0.1) is 11.6 Å². The van der Waals surface area contributed by atoms with Crippen molar-refractivity contribution in [2.45, 2.75) is 52.1 Å². The van der Waals surface area contributed by atoms with Crippen molar-refractivity contribution in [1.29, 1.82) is 0 Å². The summed E-state index contributed by atoms with van der Waals surface area (Å²) in [5, 5.41) is 3.71. The van der Waals surface area contributed by atoms with Crippen LogP contribution in [0.1, 0.15) is 42.4 Å². The molecule has 2 rings (SSSR count). The van der Waals surface area contributed by atoms with E-state index in [1.807, 2.05) is 0 Å². The first-order chi connectivity index (χ1) is 8.69. The van der Waals surface area contributed by atoms with Gasteiger partial charge in [-0.05, 0) is 38.2 Å². The Bertz CT molecular complexity index is 368. The van der Waals surface area contributed by atoms with E-state index in [9.17, 15) is 0 Å². The first-order valence-corrected chi connectivity index (χ1v) is 7.59. The van der Waals surface area contributed by atoms with E-state index in [1.165, 1.54) is 42.4 Å². The molecule has 0 spiro atoms. The number of halogens is 1. The van der Waals surface area contributed by atoms with Gasteiger partial charge in [0.05, 0.1) is 0 Å². The number of aryl methyl sites for hydroxylation is 2. The van der Waals surface area contributed by atoms with E-state index in [-0.39, 0.29) is 0 Å². The topological polar surface area (TPSA) is 12.0 Å². The Labute approximate surface area is 116 Å². The Hall–Kier alpha value is -0.530. The van der Waals surface area contributed by atoms with E-state index >= 15 is 0 Å². The van der Waals surface area contributed by atoms with Crippen molar-refractivity contribution in [2.75, 3.05) is 5.88 Å². The predicted molar refractivity (Wildman–Crippen MR) is 79.2 cm³/mol. The highest BCUT2D eigenvalue weighted by molar-refractivity contribution is 6.18. The summed E-state index contributed by atoms with van der Waals surface area (Å²) in [5.74, 6) is 1.45. The molecule has 1 aromatic rings. The van der Waals surface area contributed by atoms with Crippen LogP contribution in [0.15, 0.2) is 18.2 Å². The van der Waals surface area contributed by atoms with Crippen LogP contribution in [0.3, 0.4) is 0 Å². The van der Waals surface area contributed by atoms with Crippen molar-refractivity contribution < 1.29 is 0 Å². The van der Waals surface area contributed by atoms with E-state index in [0.717, 1.165) is 12.4 Å². The fourth-order valence-electron chi connectivity index (χ4n) is 3.08. The van der Waals surface area contributed by atoms with Crippen LogP contribution in [0.25, 0.3) is 0 Å². The molecule has 0 saturated heterocycles. The Morgan fingerprint density at radius 1 is 1.11 bits per heavy atom. The molecule has 0 aromatic heterocycles. The number of hydrogen-bond donors (Lipinski definition) is 1. The lowest BCUT2D eigenvalue weighted by atomic mass is 9.85. The van der Waals surface area contributed by atoms with Crippen LogP contribution in [0.5, 0.6) is 0 Å². The summed E-state index contributed by atoms with van der Waals surface area (Å²) < 4.78 is 0. The largest absolute Gasteiger partial charge is 0.310 e. The molecule has 1 fully saturated rings. The minimum atomic E-state index is 0.608. The van der Waals surface area contributed by atoms with Crippen molar-refractivity contribution in [3.63, 3.8) is 0 Å². The molecule has 0 bridgehead atoms. The third-order valence-corrected chi connectivity index (χ3v) is 4.35. The fourth-order valence-corrected chi connectivity index (χ4v) is 3.45. The lowest BCUT2D eigenvalue weighted by Gasteiger charge is -2.31. The van der Waals surface area contributed by atoms with E-state index < -0.39 is 0 Å². The number of hydrogen-bond acceptors (Lipinski definition) is 1. The first kappa shape index (κ1) is 13.9. The molecule has 1 aliphatic rings. The highest BCUT2D eigenvalue weighted by Crippen LogP contribution is 2.25. The van der Waals surface area contributed by atoms with Gasteiger partial charge in [0.15, 0.2) is 0 Å². The molecule has 100 valence electrons. The lowest BCUT2D eigenvalue weighted by Crippen LogP contribution is -2.39. The summed E-state index contributed by atoms with van der Waals surface area (Å²) in [6.07, 6.45) is 5.26. The number of alkyl halides is 1. The van der Waals surface area contributed by atoms with Gasteiger partial charge < -0.3 is 5.32 Å². The van der Waals surface area contributed by atoms with Crippen molar-refractivity contribution >= 4 is 11.6 Å². The van der Waals surface area contributed by atoms with Crippen molar-refractivity contribution in [2.24, 2.45) is 5.92 Å². The lowest BCUT2D eigenvalue weighted by molar-refractivity contribution is 0.282. The van der Waals surface area contributed by atoms with Gasteiger partial charge in [-0.1, -0.05) is 42.2 Å². The molecule has 2 unspecified atom stereocenters. The molecule has 0 heterocycles. The quantitative estimate of drug-likeness (QED) is 0.805. The third-order valence-electron chi connectivity index (χ3n) is 3.96. The number of benzene rings is 1. The van der Waals surface area contributed by atoms with Gasteiger partial charge in [0, 0.05) is 18.5 Å². The SMILES string of the molecule is Cc1cc(C)cc(CNC2CCCCC2CCl)c1. The normalized spacial score (nSPS) is 24.2. The molecule has 1 aliphatic carbocycles. The zero-order valence-electron chi connectivity index (χ0n) is 11.5. The fraction of sp³-hybridized carbons (Fsp3) is 0.625. The van der Waals surface area contributed by atoms with Gasteiger partial charge in [0.2, 0.25) is 0 Å². The molecule has 1 nitrogen and oxygen atoms in total. The second-order valence-corrected chi connectivity index (χ2v) is 5.99. The Balaban J connectivity index is 1.93. The van der Waals surface area contributed by atoms with Crippen LogP contribution in [0, 0.1) is 19.8 Å². The van der Waals surface area contributed by atoms with E-state index in [2.05, 4.69) is 37.4 Å². The predicted octanol–water partition coefficient (Wildman–Crippen LogP) is 4.19. The van der Waals surface area contributed by atoms with Crippen LogP contribution >= 0.6 is 11.6 Å². The van der Waals surface area contributed by atoms with Crippen LogP contribution in [0.2, 0.25) is 0 Å². The Morgan fingerprint density at radius 3 is 2.44 bits per heavy atom. The summed E-state index contributed by atoms with van der Waals surface area (Å²) in [6.45, 7) is 5.30. The van der Waals surface area contributed by atoms with Crippen LogP contribution in [-0.4, -0.2) is 11.9 Å². The van der Waals surface area contributed by atoms with E-state index in [0.29, 0.717) is 12.0 Å². The molecular weight excluding hydrogens is 242 g/mol. The molecular formula is C16H24ClN. The number of nitrogens with one attached hydrogen (secondary N) is 1. The van der Waals surface area contributed by atoms with Gasteiger partial charge in [-0.3, -0.25) is 0 Å². The molecule has 0 aliphatic heterocycles. The molecule has 18 heavy (non-hydrogen) atoms. The molecule has 0 radical (unpaired) electrons. The standard InChI is InChI=1S/C16H24ClN/c1-12-7-13(2)9-14(8-12)11-18-16-6-4-3-5-15(16)10-17/h7-9,15-16,18H,3-6,10-11H2,1-2H3. The van der Waals surface area contributed by atoms with Crippen molar-refractivity contribution in [3.05, 3.63) is 34.9 Å². The minimum Gasteiger partial charge on any atom is -0.310 e. The number of rotatable bonds is 4. The van der Waals surface area contributed by atoms with E-state index in [1.54, 1.807) is 0 Å². The maximum atomic E-state index is 6.07. The second-order valence-electron chi connectivity index (χ2n) is 5.68. The summed E-state index contributed by atoms with van der Waals surface area (Å²) >= 11 is 6.07.